The van der Waals surface area contributed by atoms with E-state index in [0.717, 1.165) is 5.69 Å². The van der Waals surface area contributed by atoms with E-state index in [2.05, 4.69) is 15.5 Å². The fourth-order valence-corrected chi connectivity index (χ4v) is 3.55. The molecule has 2 aromatic carbocycles. The topological polar surface area (TPSA) is 87.5 Å². The average molecular weight is 435 g/mol. The van der Waals surface area contributed by atoms with Crippen molar-refractivity contribution >= 4 is 35.0 Å². The summed E-state index contributed by atoms with van der Waals surface area (Å²) in [6, 6.07) is 10.7. The molecule has 0 unspecified atom stereocenters. The molecule has 10 heteroatoms. The van der Waals surface area contributed by atoms with Crippen molar-refractivity contribution in [2.75, 3.05) is 32.4 Å². The van der Waals surface area contributed by atoms with Gasteiger partial charge >= 0.3 is 0 Å². The number of ether oxygens (including phenoxy) is 3. The van der Waals surface area contributed by atoms with Crippen LogP contribution in [0.4, 0.5) is 5.69 Å². The molecule has 0 radical (unpaired) electrons. The Bertz CT molecular complexity index is 1010. The number of nitrogens with zero attached hydrogens (tertiary/aromatic N) is 3. The van der Waals surface area contributed by atoms with E-state index in [0.29, 0.717) is 33.1 Å². The predicted molar refractivity (Wildman–Crippen MR) is 112 cm³/mol. The van der Waals surface area contributed by atoms with Gasteiger partial charge in [0.15, 0.2) is 5.16 Å². The van der Waals surface area contributed by atoms with Gasteiger partial charge in [-0.3, -0.25) is 9.36 Å². The Hall–Kier alpha value is -2.91. The highest BCUT2D eigenvalue weighted by atomic mass is 35.5. The fourth-order valence-electron chi connectivity index (χ4n) is 2.59. The zero-order valence-electron chi connectivity index (χ0n) is 16.0. The Morgan fingerprint density at radius 3 is 2.55 bits per heavy atom. The smallest absolute Gasteiger partial charge is 0.234 e. The number of nitrogens with one attached hydrogen (secondary N) is 1. The minimum Gasteiger partial charge on any atom is -0.495 e. The van der Waals surface area contributed by atoms with Crippen molar-refractivity contribution in [1.82, 2.24) is 14.8 Å². The van der Waals surface area contributed by atoms with Gasteiger partial charge in [0.25, 0.3) is 0 Å². The lowest BCUT2D eigenvalue weighted by Gasteiger charge is -2.13. The largest absolute Gasteiger partial charge is 0.495 e. The number of aromatic nitrogens is 3. The Kier molecular flexibility index (Phi) is 6.84. The molecule has 1 heterocycles. The number of carbonyl (C=O) groups excluding carboxylic acids is 1. The third-order valence-electron chi connectivity index (χ3n) is 3.94. The van der Waals surface area contributed by atoms with E-state index < -0.39 is 0 Å². The summed E-state index contributed by atoms with van der Waals surface area (Å²) in [7, 11) is 4.60. The van der Waals surface area contributed by atoms with Crippen LogP contribution in [0, 0.1) is 0 Å². The first-order valence-electron chi connectivity index (χ1n) is 8.45. The minimum absolute atomic E-state index is 0.112. The number of hydrogen-bond acceptors (Lipinski definition) is 7. The van der Waals surface area contributed by atoms with Gasteiger partial charge < -0.3 is 19.5 Å². The second-order valence-corrected chi connectivity index (χ2v) is 7.03. The second-order valence-electron chi connectivity index (χ2n) is 5.68. The molecule has 0 atom stereocenters. The average Bonchev–Trinajstić information content (AvgIpc) is 3.21. The lowest BCUT2D eigenvalue weighted by atomic mass is 10.2. The molecule has 0 aliphatic heterocycles. The molecule has 152 valence electrons. The van der Waals surface area contributed by atoms with Gasteiger partial charge in [-0.15, -0.1) is 10.2 Å². The highest BCUT2D eigenvalue weighted by molar-refractivity contribution is 7.99. The van der Waals surface area contributed by atoms with Gasteiger partial charge in [-0.1, -0.05) is 35.5 Å². The first-order chi connectivity index (χ1) is 14.1. The van der Waals surface area contributed by atoms with E-state index in [-0.39, 0.29) is 11.7 Å². The van der Waals surface area contributed by atoms with Crippen molar-refractivity contribution in [1.29, 1.82) is 0 Å². The van der Waals surface area contributed by atoms with Crippen LogP contribution in [0.5, 0.6) is 17.2 Å². The standard InChI is InChI=1S/C19H19ClN4O4S/c1-26-15-7-5-4-6-14(15)24-11-21-23-19(24)29-10-18(25)22-13-8-12(20)16(27-2)9-17(13)28-3/h4-9,11H,10H2,1-3H3,(H,22,25). The van der Waals surface area contributed by atoms with Crippen LogP contribution in [-0.2, 0) is 4.79 Å². The highest BCUT2D eigenvalue weighted by Gasteiger charge is 2.15. The van der Waals surface area contributed by atoms with Crippen molar-refractivity contribution in [3.05, 3.63) is 47.7 Å². The molecule has 0 saturated carbocycles. The van der Waals surface area contributed by atoms with Crippen LogP contribution < -0.4 is 19.5 Å². The first-order valence-corrected chi connectivity index (χ1v) is 9.81. The van der Waals surface area contributed by atoms with Gasteiger partial charge in [-0.25, -0.2) is 0 Å². The Labute approximate surface area is 177 Å². The normalized spacial score (nSPS) is 10.5. The molecule has 1 amide bonds. The molecular formula is C19H19ClN4O4S. The molecule has 3 aromatic rings. The van der Waals surface area contributed by atoms with Gasteiger partial charge in [-0.05, 0) is 18.2 Å². The third kappa shape index (κ3) is 4.75. The van der Waals surface area contributed by atoms with Crippen LogP contribution in [0.1, 0.15) is 0 Å². The lowest BCUT2D eigenvalue weighted by molar-refractivity contribution is -0.113. The lowest BCUT2D eigenvalue weighted by Crippen LogP contribution is -2.15. The Balaban J connectivity index is 1.72. The zero-order chi connectivity index (χ0) is 20.8. The van der Waals surface area contributed by atoms with Crippen LogP contribution in [-0.4, -0.2) is 47.8 Å². The number of hydrogen-bond donors (Lipinski definition) is 1. The maximum Gasteiger partial charge on any atom is 0.234 e. The summed E-state index contributed by atoms with van der Waals surface area (Å²) >= 11 is 7.39. The van der Waals surface area contributed by atoms with E-state index in [1.54, 1.807) is 30.1 Å². The summed E-state index contributed by atoms with van der Waals surface area (Å²) < 4.78 is 17.6. The number of rotatable bonds is 8. The van der Waals surface area contributed by atoms with E-state index >= 15 is 0 Å². The zero-order valence-corrected chi connectivity index (χ0v) is 17.6. The fraction of sp³-hybridized carbons (Fsp3) is 0.211. The number of thioether (sulfide) groups is 1. The number of anilines is 1. The predicted octanol–water partition coefficient (Wildman–Crippen LogP) is 3.68. The Morgan fingerprint density at radius 1 is 1.10 bits per heavy atom. The molecule has 0 spiro atoms. The molecule has 1 aromatic heterocycles. The van der Waals surface area contributed by atoms with E-state index in [1.165, 1.54) is 26.0 Å². The second kappa shape index (κ2) is 9.53. The van der Waals surface area contributed by atoms with Crippen molar-refractivity contribution in [3.63, 3.8) is 0 Å². The van der Waals surface area contributed by atoms with Gasteiger partial charge in [0.1, 0.15) is 23.6 Å². The van der Waals surface area contributed by atoms with E-state index in [4.69, 9.17) is 25.8 Å². The van der Waals surface area contributed by atoms with Gasteiger partial charge in [0.2, 0.25) is 5.91 Å². The molecule has 29 heavy (non-hydrogen) atoms. The third-order valence-corrected chi connectivity index (χ3v) is 5.18. The van der Waals surface area contributed by atoms with Crippen molar-refractivity contribution < 1.29 is 19.0 Å². The van der Waals surface area contributed by atoms with Crippen LogP contribution >= 0.6 is 23.4 Å². The molecule has 1 N–H and O–H groups in total. The monoisotopic (exact) mass is 434 g/mol. The summed E-state index contributed by atoms with van der Waals surface area (Å²) in [4.78, 5) is 12.5. The maximum atomic E-state index is 12.5. The van der Waals surface area contributed by atoms with Crippen molar-refractivity contribution in [3.8, 4) is 22.9 Å². The van der Waals surface area contributed by atoms with Crippen LogP contribution in [0.2, 0.25) is 5.02 Å². The number of carbonyl (C=O) groups is 1. The number of amides is 1. The van der Waals surface area contributed by atoms with Crippen LogP contribution in [0.25, 0.3) is 5.69 Å². The number of halogens is 1. The summed E-state index contributed by atoms with van der Waals surface area (Å²) in [5.74, 6) is 1.45. The number of benzene rings is 2. The molecule has 0 bridgehead atoms. The van der Waals surface area contributed by atoms with Crippen molar-refractivity contribution in [2.45, 2.75) is 5.16 Å². The minimum atomic E-state index is -0.246. The van der Waals surface area contributed by atoms with Gasteiger partial charge in [0.05, 0.1) is 43.5 Å². The molecule has 0 fully saturated rings. The van der Waals surface area contributed by atoms with Crippen molar-refractivity contribution in [2.24, 2.45) is 0 Å². The SMILES string of the molecule is COc1cc(OC)c(NC(=O)CSc2nncn2-c2ccccc2OC)cc1Cl. The number of para-hydroxylation sites is 2. The summed E-state index contributed by atoms with van der Waals surface area (Å²) in [5, 5.41) is 11.8. The summed E-state index contributed by atoms with van der Waals surface area (Å²) in [6.45, 7) is 0. The van der Waals surface area contributed by atoms with Crippen LogP contribution in [0.3, 0.4) is 0 Å². The number of methoxy groups -OCH3 is 3. The molecule has 0 aliphatic rings. The quantitative estimate of drug-likeness (QED) is 0.541. The van der Waals surface area contributed by atoms with E-state index in [9.17, 15) is 4.79 Å². The molecular weight excluding hydrogens is 416 g/mol. The molecule has 3 rings (SSSR count). The maximum absolute atomic E-state index is 12.5. The van der Waals surface area contributed by atoms with Crippen LogP contribution in [0.15, 0.2) is 47.9 Å². The summed E-state index contributed by atoms with van der Waals surface area (Å²) in [5.41, 5.74) is 1.24. The summed E-state index contributed by atoms with van der Waals surface area (Å²) in [6.07, 6.45) is 1.57. The first kappa shape index (κ1) is 20.8. The Morgan fingerprint density at radius 2 is 1.83 bits per heavy atom. The van der Waals surface area contributed by atoms with Gasteiger partial charge in [0, 0.05) is 6.07 Å². The van der Waals surface area contributed by atoms with Gasteiger partial charge in [-0.2, -0.15) is 0 Å². The highest BCUT2D eigenvalue weighted by Crippen LogP contribution is 2.36. The van der Waals surface area contributed by atoms with E-state index in [1.807, 2.05) is 24.3 Å². The molecule has 0 aliphatic carbocycles. The molecule has 8 nitrogen and oxygen atoms in total. The molecule has 0 saturated heterocycles.